The Balaban J connectivity index is 3.35. The molecule has 1 aromatic heterocycles. The number of pyridine rings is 1. The molecule has 0 aromatic carbocycles. The van der Waals surface area contributed by atoms with Crippen LogP contribution in [0.15, 0.2) is 18.8 Å². The van der Waals surface area contributed by atoms with Gasteiger partial charge in [0.1, 0.15) is 0 Å². The largest absolute Gasteiger partial charge is 0.396 e. The van der Waals surface area contributed by atoms with Crippen LogP contribution in [0, 0.1) is 0 Å². The summed E-state index contributed by atoms with van der Waals surface area (Å²) in [6.45, 7) is 7.02. The summed E-state index contributed by atoms with van der Waals surface area (Å²) in [7, 11) is 0. The van der Waals surface area contributed by atoms with Crippen LogP contribution in [0.3, 0.4) is 0 Å². The van der Waals surface area contributed by atoms with Gasteiger partial charge in [-0.15, -0.1) is 0 Å². The van der Waals surface area contributed by atoms with E-state index in [1.165, 1.54) is 6.92 Å². The Labute approximate surface area is 77.3 Å². The predicted molar refractivity (Wildman–Crippen MR) is 53.4 cm³/mol. The number of nitrogens with two attached hydrogens (primary N) is 1. The molecular formula is C10H12N2O. The molecule has 0 atom stereocenters. The highest BCUT2D eigenvalue weighted by atomic mass is 16.1. The maximum Gasteiger partial charge on any atom is 0.162 e. The van der Waals surface area contributed by atoms with Crippen LogP contribution in [-0.4, -0.2) is 10.8 Å². The lowest BCUT2D eigenvalue weighted by molar-refractivity contribution is 0.101. The van der Waals surface area contributed by atoms with Crippen molar-refractivity contribution in [3.8, 4) is 0 Å². The fourth-order valence-electron chi connectivity index (χ4n) is 1.12. The summed E-state index contributed by atoms with van der Waals surface area (Å²) in [5, 5.41) is 0. The van der Waals surface area contributed by atoms with Crippen molar-refractivity contribution in [3.63, 3.8) is 0 Å². The number of nitrogen functional groups attached to an aromatic ring is 1. The summed E-state index contributed by atoms with van der Waals surface area (Å²) < 4.78 is 0. The zero-order valence-electron chi connectivity index (χ0n) is 7.79. The van der Waals surface area contributed by atoms with Crippen LogP contribution in [0.1, 0.15) is 29.9 Å². The van der Waals surface area contributed by atoms with Crippen LogP contribution in [0.25, 0.3) is 5.57 Å². The highest BCUT2D eigenvalue weighted by molar-refractivity contribution is 6.00. The van der Waals surface area contributed by atoms with E-state index < -0.39 is 0 Å². The highest BCUT2D eigenvalue weighted by Gasteiger charge is 2.09. The molecule has 68 valence electrons. The molecular weight excluding hydrogens is 164 g/mol. The second kappa shape index (κ2) is 3.39. The van der Waals surface area contributed by atoms with E-state index >= 15 is 0 Å². The van der Waals surface area contributed by atoms with Crippen molar-refractivity contribution < 1.29 is 4.79 Å². The van der Waals surface area contributed by atoms with Crippen LogP contribution in [-0.2, 0) is 0 Å². The number of Topliss-reactive ketones (excluding diaryl/α,β-unsaturated/α-hetero) is 1. The SMILES string of the molecule is C=C(C)c1nccc(C(C)=O)c1N. The second-order valence-corrected chi connectivity index (χ2v) is 2.96. The van der Waals surface area contributed by atoms with Gasteiger partial charge in [0.05, 0.1) is 11.4 Å². The van der Waals surface area contributed by atoms with E-state index in [1.807, 2.05) is 6.92 Å². The van der Waals surface area contributed by atoms with Crippen molar-refractivity contribution in [2.45, 2.75) is 13.8 Å². The zero-order valence-corrected chi connectivity index (χ0v) is 7.79. The lowest BCUT2D eigenvalue weighted by Gasteiger charge is -2.06. The smallest absolute Gasteiger partial charge is 0.162 e. The summed E-state index contributed by atoms with van der Waals surface area (Å²) >= 11 is 0. The molecule has 0 aliphatic carbocycles. The number of nitrogens with zero attached hydrogens (tertiary/aromatic N) is 1. The maximum absolute atomic E-state index is 11.1. The Morgan fingerprint density at radius 1 is 1.54 bits per heavy atom. The summed E-state index contributed by atoms with van der Waals surface area (Å²) in [6.07, 6.45) is 1.57. The lowest BCUT2D eigenvalue weighted by Crippen LogP contribution is -2.04. The van der Waals surface area contributed by atoms with Gasteiger partial charge in [-0.2, -0.15) is 0 Å². The minimum Gasteiger partial charge on any atom is -0.396 e. The monoisotopic (exact) mass is 176 g/mol. The molecule has 0 fully saturated rings. The number of allylic oxidation sites excluding steroid dienone is 1. The highest BCUT2D eigenvalue weighted by Crippen LogP contribution is 2.20. The number of hydrogen-bond donors (Lipinski definition) is 1. The maximum atomic E-state index is 11.1. The van der Waals surface area contributed by atoms with Gasteiger partial charge in [-0.1, -0.05) is 6.58 Å². The molecule has 0 aliphatic heterocycles. The zero-order chi connectivity index (χ0) is 10.0. The van der Waals surface area contributed by atoms with E-state index in [9.17, 15) is 4.79 Å². The van der Waals surface area contributed by atoms with E-state index in [1.54, 1.807) is 12.3 Å². The Kier molecular flexibility index (Phi) is 2.46. The van der Waals surface area contributed by atoms with Crippen LogP contribution < -0.4 is 5.73 Å². The molecule has 3 nitrogen and oxygen atoms in total. The van der Waals surface area contributed by atoms with Crippen molar-refractivity contribution in [2.24, 2.45) is 0 Å². The topological polar surface area (TPSA) is 56.0 Å². The molecule has 0 amide bonds. The minimum absolute atomic E-state index is 0.0533. The Morgan fingerprint density at radius 3 is 2.62 bits per heavy atom. The molecule has 0 saturated carbocycles. The van der Waals surface area contributed by atoms with Gasteiger partial charge in [-0.3, -0.25) is 9.78 Å². The molecule has 0 bridgehead atoms. The van der Waals surface area contributed by atoms with E-state index in [-0.39, 0.29) is 5.78 Å². The number of aromatic nitrogens is 1. The fourth-order valence-corrected chi connectivity index (χ4v) is 1.12. The molecule has 0 spiro atoms. The van der Waals surface area contributed by atoms with Crippen LogP contribution in [0.4, 0.5) is 5.69 Å². The Morgan fingerprint density at radius 2 is 2.15 bits per heavy atom. The minimum atomic E-state index is -0.0533. The summed E-state index contributed by atoms with van der Waals surface area (Å²) in [6, 6.07) is 1.62. The van der Waals surface area contributed by atoms with Gasteiger partial charge >= 0.3 is 0 Å². The van der Waals surface area contributed by atoms with Crippen LogP contribution in [0.5, 0.6) is 0 Å². The molecule has 0 radical (unpaired) electrons. The molecule has 2 N–H and O–H groups in total. The van der Waals surface area contributed by atoms with Crippen molar-refractivity contribution in [3.05, 3.63) is 30.1 Å². The van der Waals surface area contributed by atoms with Crippen molar-refractivity contribution in [1.29, 1.82) is 0 Å². The number of anilines is 1. The van der Waals surface area contributed by atoms with Crippen molar-refractivity contribution in [1.82, 2.24) is 4.98 Å². The molecule has 1 heterocycles. The molecule has 0 aliphatic rings. The third kappa shape index (κ3) is 1.75. The molecule has 0 saturated heterocycles. The number of carbonyl (C=O) groups excluding carboxylic acids is 1. The Hall–Kier alpha value is -1.64. The van der Waals surface area contributed by atoms with Crippen LogP contribution >= 0.6 is 0 Å². The van der Waals surface area contributed by atoms with Gasteiger partial charge in [0.25, 0.3) is 0 Å². The molecule has 13 heavy (non-hydrogen) atoms. The average molecular weight is 176 g/mol. The van der Waals surface area contributed by atoms with Gasteiger partial charge in [-0.25, -0.2) is 0 Å². The molecule has 1 aromatic rings. The third-order valence-electron chi connectivity index (χ3n) is 1.77. The standard InChI is InChI=1S/C10H12N2O/c1-6(2)10-9(11)8(7(3)13)4-5-12-10/h4-5H,1,11H2,2-3H3. The number of hydrogen-bond acceptors (Lipinski definition) is 3. The van der Waals surface area contributed by atoms with E-state index in [2.05, 4.69) is 11.6 Å². The molecule has 0 unspecified atom stereocenters. The van der Waals surface area contributed by atoms with Crippen molar-refractivity contribution >= 4 is 17.0 Å². The van der Waals surface area contributed by atoms with Gasteiger partial charge in [0.2, 0.25) is 0 Å². The summed E-state index contributed by atoms with van der Waals surface area (Å²) in [4.78, 5) is 15.1. The average Bonchev–Trinajstić information content (AvgIpc) is 2.03. The first-order valence-electron chi connectivity index (χ1n) is 3.95. The lowest BCUT2D eigenvalue weighted by atomic mass is 10.1. The quantitative estimate of drug-likeness (QED) is 0.700. The second-order valence-electron chi connectivity index (χ2n) is 2.96. The predicted octanol–water partition coefficient (Wildman–Crippen LogP) is 1.90. The molecule has 1 rings (SSSR count). The molecule has 3 heteroatoms. The normalized spacial score (nSPS) is 9.69. The van der Waals surface area contributed by atoms with Gasteiger partial charge < -0.3 is 5.73 Å². The summed E-state index contributed by atoms with van der Waals surface area (Å²) in [5.74, 6) is -0.0533. The first kappa shape index (κ1) is 9.45. The van der Waals surface area contributed by atoms with E-state index in [0.29, 0.717) is 16.9 Å². The first-order valence-corrected chi connectivity index (χ1v) is 3.95. The van der Waals surface area contributed by atoms with Gasteiger partial charge in [0.15, 0.2) is 5.78 Å². The van der Waals surface area contributed by atoms with Crippen LogP contribution in [0.2, 0.25) is 0 Å². The van der Waals surface area contributed by atoms with E-state index in [4.69, 9.17) is 5.73 Å². The number of rotatable bonds is 2. The summed E-state index contributed by atoms with van der Waals surface area (Å²) in [5.41, 5.74) is 8.04. The third-order valence-corrected chi connectivity index (χ3v) is 1.77. The van der Waals surface area contributed by atoms with E-state index in [0.717, 1.165) is 5.57 Å². The van der Waals surface area contributed by atoms with Crippen molar-refractivity contribution in [2.75, 3.05) is 5.73 Å². The van der Waals surface area contributed by atoms with Gasteiger partial charge in [-0.05, 0) is 25.5 Å². The number of ketones is 1. The fraction of sp³-hybridized carbons (Fsp3) is 0.200. The first-order chi connectivity index (χ1) is 6.04. The number of carbonyl (C=O) groups is 1. The van der Waals surface area contributed by atoms with Gasteiger partial charge in [0, 0.05) is 11.8 Å². The Bertz CT molecular complexity index is 337.